The van der Waals surface area contributed by atoms with E-state index in [-0.39, 0.29) is 0 Å². The van der Waals surface area contributed by atoms with Crippen LogP contribution >= 0.6 is 0 Å². The van der Waals surface area contributed by atoms with Crippen LogP contribution in [-0.4, -0.2) is 12.6 Å². The summed E-state index contributed by atoms with van der Waals surface area (Å²) in [5.74, 6) is 1.13. The van der Waals surface area contributed by atoms with Crippen molar-refractivity contribution in [1.82, 2.24) is 0 Å². The summed E-state index contributed by atoms with van der Waals surface area (Å²) in [5, 5.41) is 0. The number of benzene rings is 2. The molecule has 0 heterocycles. The topological polar surface area (TPSA) is 52.0 Å². The minimum atomic E-state index is 0.367. The molecule has 126 valence electrons. The molecule has 2 aromatic rings. The molecule has 2 nitrogen and oxygen atoms in total. The average Bonchev–Trinajstić information content (AvgIpc) is 2.94. The molecule has 0 aliphatic heterocycles. The molecule has 2 heteroatoms. The number of nitrogens with two attached hydrogens (primary N) is 2. The molecular weight excluding hydrogens is 292 g/mol. The summed E-state index contributed by atoms with van der Waals surface area (Å²) in [4.78, 5) is 0. The van der Waals surface area contributed by atoms with E-state index in [1.54, 1.807) is 11.1 Å². The molecule has 1 fully saturated rings. The lowest BCUT2D eigenvalue weighted by Gasteiger charge is -2.30. The van der Waals surface area contributed by atoms with Gasteiger partial charge in [-0.1, -0.05) is 48.9 Å². The second-order valence-corrected chi connectivity index (χ2v) is 7.50. The normalized spacial score (nSPS) is 25.3. The molecule has 0 aromatic heterocycles. The second-order valence-electron chi connectivity index (χ2n) is 7.50. The lowest BCUT2D eigenvalue weighted by atomic mass is 9.77. The standard InChI is InChI=1S/C22H28N2/c23-13-5-12-21-19-9-2-1-8-18(19)20-11-4-10-17(22(20)21)15-6-3-7-16(24)14-15/h1-2,4,8-11,15-16,21H,3,5-7,12-14,23-24H2. The monoisotopic (exact) mass is 320 g/mol. The molecule has 0 radical (unpaired) electrons. The Morgan fingerprint density at radius 1 is 0.917 bits per heavy atom. The van der Waals surface area contributed by atoms with Crippen molar-refractivity contribution >= 4 is 0 Å². The summed E-state index contributed by atoms with van der Waals surface area (Å²) in [6.45, 7) is 0.768. The molecule has 3 unspecified atom stereocenters. The predicted octanol–water partition coefficient (Wildman–Crippen LogP) is 4.52. The third kappa shape index (κ3) is 2.68. The Kier molecular flexibility index (Phi) is 4.43. The van der Waals surface area contributed by atoms with Crippen LogP contribution in [0.4, 0.5) is 0 Å². The fourth-order valence-electron chi connectivity index (χ4n) is 4.90. The van der Waals surface area contributed by atoms with E-state index in [9.17, 15) is 0 Å². The van der Waals surface area contributed by atoms with E-state index in [4.69, 9.17) is 11.5 Å². The zero-order valence-corrected chi connectivity index (χ0v) is 14.4. The maximum absolute atomic E-state index is 6.29. The fourth-order valence-corrected chi connectivity index (χ4v) is 4.90. The third-order valence-corrected chi connectivity index (χ3v) is 5.97. The molecule has 3 atom stereocenters. The van der Waals surface area contributed by atoms with E-state index in [1.165, 1.54) is 36.0 Å². The second kappa shape index (κ2) is 6.70. The van der Waals surface area contributed by atoms with Gasteiger partial charge in [0.1, 0.15) is 0 Å². The highest BCUT2D eigenvalue weighted by Crippen LogP contribution is 2.50. The Labute approximate surface area is 145 Å². The maximum Gasteiger partial charge on any atom is 0.0105 e. The van der Waals surface area contributed by atoms with Gasteiger partial charge in [-0.3, -0.25) is 0 Å². The van der Waals surface area contributed by atoms with Crippen LogP contribution in [0, 0.1) is 0 Å². The Bertz CT molecular complexity index is 722. The highest BCUT2D eigenvalue weighted by atomic mass is 14.6. The highest BCUT2D eigenvalue weighted by Gasteiger charge is 2.33. The fraction of sp³-hybridized carbons (Fsp3) is 0.455. The highest BCUT2D eigenvalue weighted by molar-refractivity contribution is 5.80. The van der Waals surface area contributed by atoms with Crippen molar-refractivity contribution in [3.63, 3.8) is 0 Å². The first-order chi connectivity index (χ1) is 11.8. The van der Waals surface area contributed by atoms with Crippen molar-refractivity contribution in [2.24, 2.45) is 11.5 Å². The largest absolute Gasteiger partial charge is 0.330 e. The lowest BCUT2D eigenvalue weighted by Crippen LogP contribution is -2.27. The van der Waals surface area contributed by atoms with Gasteiger partial charge in [-0.2, -0.15) is 0 Å². The van der Waals surface area contributed by atoms with Crippen LogP contribution in [0.5, 0.6) is 0 Å². The van der Waals surface area contributed by atoms with Crippen LogP contribution in [0.2, 0.25) is 0 Å². The van der Waals surface area contributed by atoms with Crippen LogP contribution < -0.4 is 11.5 Å². The van der Waals surface area contributed by atoms with Crippen molar-refractivity contribution in [2.45, 2.75) is 56.4 Å². The summed E-state index contributed by atoms with van der Waals surface area (Å²) in [5.41, 5.74) is 19.6. The minimum Gasteiger partial charge on any atom is -0.330 e. The zero-order chi connectivity index (χ0) is 16.5. The summed E-state index contributed by atoms with van der Waals surface area (Å²) < 4.78 is 0. The van der Waals surface area contributed by atoms with Crippen LogP contribution in [-0.2, 0) is 0 Å². The lowest BCUT2D eigenvalue weighted by molar-refractivity contribution is 0.391. The maximum atomic E-state index is 6.29. The molecule has 1 saturated carbocycles. The molecule has 0 saturated heterocycles. The van der Waals surface area contributed by atoms with E-state index in [2.05, 4.69) is 42.5 Å². The van der Waals surface area contributed by atoms with Crippen LogP contribution in [0.15, 0.2) is 42.5 Å². The number of hydrogen-bond acceptors (Lipinski definition) is 2. The molecule has 2 aliphatic carbocycles. The van der Waals surface area contributed by atoms with Gasteiger partial charge in [-0.25, -0.2) is 0 Å². The van der Waals surface area contributed by atoms with Crippen LogP contribution in [0.3, 0.4) is 0 Å². The van der Waals surface area contributed by atoms with Gasteiger partial charge in [0.2, 0.25) is 0 Å². The van der Waals surface area contributed by atoms with E-state index in [0.29, 0.717) is 17.9 Å². The molecule has 24 heavy (non-hydrogen) atoms. The molecule has 2 aromatic carbocycles. The Morgan fingerprint density at radius 3 is 2.54 bits per heavy atom. The quantitative estimate of drug-likeness (QED) is 0.870. The van der Waals surface area contributed by atoms with Gasteiger partial charge >= 0.3 is 0 Å². The summed E-state index contributed by atoms with van der Waals surface area (Å²) in [6.07, 6.45) is 7.09. The average molecular weight is 320 g/mol. The summed E-state index contributed by atoms with van der Waals surface area (Å²) in [7, 11) is 0. The third-order valence-electron chi connectivity index (χ3n) is 5.97. The van der Waals surface area contributed by atoms with Gasteiger partial charge < -0.3 is 11.5 Å². The molecule has 0 spiro atoms. The van der Waals surface area contributed by atoms with Crippen LogP contribution in [0.1, 0.15) is 67.1 Å². The van der Waals surface area contributed by atoms with Crippen molar-refractivity contribution in [1.29, 1.82) is 0 Å². The first-order valence-corrected chi connectivity index (χ1v) is 9.47. The molecule has 4 N–H and O–H groups in total. The van der Waals surface area contributed by atoms with Crippen molar-refractivity contribution in [2.75, 3.05) is 6.54 Å². The molecule has 0 amide bonds. The van der Waals surface area contributed by atoms with Gasteiger partial charge in [0, 0.05) is 12.0 Å². The van der Waals surface area contributed by atoms with E-state index in [0.717, 1.165) is 25.8 Å². The smallest absolute Gasteiger partial charge is 0.0105 e. The Balaban J connectivity index is 1.80. The first kappa shape index (κ1) is 15.9. The SMILES string of the molecule is NCCCC1c2ccccc2-c2cccc(C3CCCC(N)C3)c21. The van der Waals surface area contributed by atoms with Gasteiger partial charge in [-0.15, -0.1) is 0 Å². The number of fused-ring (bicyclic) bond motifs is 3. The Hall–Kier alpha value is -1.64. The van der Waals surface area contributed by atoms with E-state index in [1.807, 2.05) is 0 Å². The molecule has 0 bridgehead atoms. The zero-order valence-electron chi connectivity index (χ0n) is 14.4. The van der Waals surface area contributed by atoms with Gasteiger partial charge in [0.25, 0.3) is 0 Å². The van der Waals surface area contributed by atoms with Crippen molar-refractivity contribution in [3.05, 3.63) is 59.2 Å². The summed E-state index contributed by atoms with van der Waals surface area (Å²) >= 11 is 0. The number of rotatable bonds is 4. The molecular formula is C22H28N2. The van der Waals surface area contributed by atoms with Crippen molar-refractivity contribution in [3.8, 4) is 11.1 Å². The predicted molar refractivity (Wildman–Crippen MR) is 101 cm³/mol. The first-order valence-electron chi connectivity index (χ1n) is 9.47. The summed E-state index contributed by atoms with van der Waals surface area (Å²) in [6, 6.07) is 16.2. The van der Waals surface area contributed by atoms with Crippen LogP contribution in [0.25, 0.3) is 11.1 Å². The Morgan fingerprint density at radius 2 is 1.71 bits per heavy atom. The van der Waals surface area contributed by atoms with Crippen molar-refractivity contribution < 1.29 is 0 Å². The van der Waals surface area contributed by atoms with Gasteiger partial charge in [-0.05, 0) is 72.4 Å². The van der Waals surface area contributed by atoms with E-state index >= 15 is 0 Å². The molecule has 4 rings (SSSR count). The molecule has 2 aliphatic rings. The number of hydrogen-bond donors (Lipinski definition) is 2. The van der Waals surface area contributed by atoms with Gasteiger partial charge in [0.05, 0.1) is 0 Å². The minimum absolute atomic E-state index is 0.367. The van der Waals surface area contributed by atoms with Gasteiger partial charge in [0.15, 0.2) is 0 Å². The van der Waals surface area contributed by atoms with E-state index < -0.39 is 0 Å².